The number of ether oxygens (including phenoxy) is 1. The van der Waals surface area contributed by atoms with E-state index in [1.54, 1.807) is 19.0 Å². The summed E-state index contributed by atoms with van der Waals surface area (Å²) in [6.45, 7) is 3.80. The summed E-state index contributed by atoms with van der Waals surface area (Å²) in [5.74, 6) is 0. The first kappa shape index (κ1) is 17.8. The van der Waals surface area contributed by atoms with Crippen LogP contribution in [0.2, 0.25) is 0 Å². The Morgan fingerprint density at radius 1 is 1.59 bits per heavy atom. The van der Waals surface area contributed by atoms with Crippen LogP contribution in [0.3, 0.4) is 0 Å². The molecule has 2 heterocycles. The van der Waals surface area contributed by atoms with E-state index in [1.165, 1.54) is 23.1 Å². The van der Waals surface area contributed by atoms with Crippen LogP contribution in [0, 0.1) is 5.21 Å². The van der Waals surface area contributed by atoms with E-state index in [0.29, 0.717) is 23.5 Å². The van der Waals surface area contributed by atoms with Gasteiger partial charge in [0.25, 0.3) is 11.4 Å². The lowest BCUT2D eigenvalue weighted by Gasteiger charge is -2.39. The summed E-state index contributed by atoms with van der Waals surface area (Å²) < 4.78 is 5.91. The minimum atomic E-state index is -0.647. The van der Waals surface area contributed by atoms with Crippen molar-refractivity contribution >= 4 is 45.6 Å². The molecule has 10 heteroatoms. The fourth-order valence-electron chi connectivity index (χ4n) is 2.24. The minimum absolute atomic E-state index is 0.316. The summed E-state index contributed by atoms with van der Waals surface area (Å²) in [6.07, 6.45) is 2.29. The van der Waals surface area contributed by atoms with Gasteiger partial charge in [0, 0.05) is 20.6 Å². The van der Waals surface area contributed by atoms with Crippen molar-refractivity contribution < 1.29 is 4.74 Å². The van der Waals surface area contributed by atoms with Gasteiger partial charge in [-0.2, -0.15) is 0 Å². The van der Waals surface area contributed by atoms with Gasteiger partial charge in [-0.05, 0) is 36.2 Å². The molecule has 1 aliphatic heterocycles. The Hall–Kier alpha value is -0.520. The van der Waals surface area contributed by atoms with Gasteiger partial charge in [0.15, 0.2) is 4.34 Å². The SMILES string of the molecule is CCCN1CC(OC(=S)N(C)C)[N+]([O-])(c2nnc(SC)s2)C1. The number of hydrogen-bond acceptors (Lipinski definition) is 8. The highest BCUT2D eigenvalue weighted by molar-refractivity contribution is 8.00. The molecule has 2 atom stereocenters. The average Bonchev–Trinajstić information content (AvgIpc) is 3.05. The Labute approximate surface area is 144 Å². The van der Waals surface area contributed by atoms with Crippen LogP contribution in [0.25, 0.3) is 0 Å². The summed E-state index contributed by atoms with van der Waals surface area (Å²) >= 11 is 8.01. The topological polar surface area (TPSA) is 64.5 Å². The molecule has 0 saturated carbocycles. The van der Waals surface area contributed by atoms with Crippen LogP contribution in [-0.2, 0) is 4.74 Å². The van der Waals surface area contributed by atoms with Gasteiger partial charge in [0.05, 0.1) is 6.54 Å². The molecule has 1 fully saturated rings. The second-order valence-corrected chi connectivity index (χ2v) is 7.66. The maximum absolute atomic E-state index is 13.4. The normalized spacial score (nSPS) is 25.4. The predicted molar refractivity (Wildman–Crippen MR) is 94.7 cm³/mol. The first-order chi connectivity index (χ1) is 10.4. The van der Waals surface area contributed by atoms with Crippen LogP contribution in [0.4, 0.5) is 5.13 Å². The Morgan fingerprint density at radius 3 is 2.86 bits per heavy atom. The van der Waals surface area contributed by atoms with E-state index in [4.69, 9.17) is 17.0 Å². The van der Waals surface area contributed by atoms with Gasteiger partial charge in [-0.3, -0.25) is 4.65 Å². The molecule has 0 N–H and O–H groups in total. The molecule has 1 aromatic heterocycles. The van der Waals surface area contributed by atoms with E-state index >= 15 is 0 Å². The molecule has 0 bridgehead atoms. The Kier molecular flexibility index (Phi) is 5.97. The molecule has 1 aliphatic rings. The molecule has 1 saturated heterocycles. The third kappa shape index (κ3) is 3.69. The van der Waals surface area contributed by atoms with Crippen molar-refractivity contribution in [3.63, 3.8) is 0 Å². The van der Waals surface area contributed by atoms with Crippen LogP contribution < -0.4 is 4.65 Å². The van der Waals surface area contributed by atoms with E-state index in [1.807, 2.05) is 6.26 Å². The molecule has 2 unspecified atom stereocenters. The van der Waals surface area contributed by atoms with E-state index in [0.717, 1.165) is 17.3 Å². The van der Waals surface area contributed by atoms with Crippen molar-refractivity contribution in [1.29, 1.82) is 0 Å². The second-order valence-electron chi connectivity index (χ2n) is 5.30. The molecule has 0 aliphatic carbocycles. The Morgan fingerprint density at radius 2 is 2.32 bits per heavy atom. The monoisotopic (exact) mass is 363 g/mol. The maximum atomic E-state index is 13.4. The van der Waals surface area contributed by atoms with E-state index in [9.17, 15) is 5.21 Å². The van der Waals surface area contributed by atoms with Crippen molar-refractivity contribution in [3.8, 4) is 0 Å². The molecule has 124 valence electrons. The zero-order valence-corrected chi connectivity index (χ0v) is 15.6. The molecular formula is C12H21N5O2S3. The number of thiocarbonyl (C=S) groups is 1. The molecular weight excluding hydrogens is 342 g/mol. The van der Waals surface area contributed by atoms with Crippen LogP contribution in [-0.4, -0.2) is 71.5 Å². The average molecular weight is 364 g/mol. The largest absolute Gasteiger partial charge is 0.622 e. The summed E-state index contributed by atoms with van der Waals surface area (Å²) in [6, 6.07) is 0. The first-order valence-electron chi connectivity index (χ1n) is 6.97. The molecule has 1 aromatic rings. The Balaban J connectivity index is 2.24. The quantitative estimate of drug-likeness (QED) is 0.340. The van der Waals surface area contributed by atoms with Gasteiger partial charge in [0.1, 0.15) is 6.67 Å². The molecule has 22 heavy (non-hydrogen) atoms. The third-order valence-corrected chi connectivity index (χ3v) is 5.80. The summed E-state index contributed by atoms with van der Waals surface area (Å²) in [4.78, 5) is 3.78. The number of aromatic nitrogens is 2. The lowest BCUT2D eigenvalue weighted by Crippen LogP contribution is -2.51. The summed E-state index contributed by atoms with van der Waals surface area (Å²) in [5.41, 5.74) is 0. The van der Waals surface area contributed by atoms with Crippen molar-refractivity contribution in [1.82, 2.24) is 24.6 Å². The number of hydrogen-bond donors (Lipinski definition) is 0. The molecule has 2 rings (SSSR count). The third-order valence-electron chi connectivity index (χ3n) is 3.33. The molecule has 7 nitrogen and oxygen atoms in total. The lowest BCUT2D eigenvalue weighted by atomic mass is 10.4. The molecule has 0 amide bonds. The van der Waals surface area contributed by atoms with Gasteiger partial charge in [0.2, 0.25) is 0 Å². The standard InChI is InChI=1S/C12H21N5O2S3/c1-5-6-16-7-9(19-12(20)15(2)3)17(18,8-16)10-13-14-11(21-4)22-10/h9H,5-8H2,1-4H3. The lowest BCUT2D eigenvalue weighted by molar-refractivity contribution is 0.0854. The molecule has 0 radical (unpaired) electrons. The van der Waals surface area contributed by atoms with Crippen LogP contribution in [0.15, 0.2) is 4.34 Å². The Bertz CT molecular complexity index is 527. The van der Waals surface area contributed by atoms with Gasteiger partial charge in [-0.15, -0.1) is 5.10 Å². The number of nitrogens with zero attached hydrogens (tertiary/aromatic N) is 5. The van der Waals surface area contributed by atoms with E-state index in [-0.39, 0.29) is 0 Å². The molecule has 0 spiro atoms. The highest BCUT2D eigenvalue weighted by Gasteiger charge is 2.46. The zero-order chi connectivity index (χ0) is 16.3. The minimum Gasteiger partial charge on any atom is -0.622 e. The van der Waals surface area contributed by atoms with Crippen LogP contribution in [0.1, 0.15) is 13.3 Å². The van der Waals surface area contributed by atoms with Gasteiger partial charge in [-0.25, -0.2) is 4.90 Å². The van der Waals surface area contributed by atoms with Crippen molar-refractivity contribution in [3.05, 3.63) is 5.21 Å². The van der Waals surface area contributed by atoms with Crippen LogP contribution in [0.5, 0.6) is 0 Å². The highest BCUT2D eigenvalue weighted by atomic mass is 32.2. The van der Waals surface area contributed by atoms with Crippen molar-refractivity contribution in [2.75, 3.05) is 40.1 Å². The van der Waals surface area contributed by atoms with Crippen molar-refractivity contribution in [2.24, 2.45) is 0 Å². The van der Waals surface area contributed by atoms with Gasteiger partial charge < -0.3 is 14.8 Å². The van der Waals surface area contributed by atoms with Crippen LogP contribution >= 0.6 is 35.3 Å². The maximum Gasteiger partial charge on any atom is 0.311 e. The number of thioether (sulfide) groups is 1. The number of rotatable bonds is 5. The van der Waals surface area contributed by atoms with Crippen molar-refractivity contribution in [2.45, 2.75) is 23.9 Å². The van der Waals surface area contributed by atoms with Gasteiger partial charge >= 0.3 is 5.13 Å². The fourth-order valence-corrected chi connectivity index (χ4v) is 3.68. The van der Waals surface area contributed by atoms with E-state index in [2.05, 4.69) is 22.0 Å². The second kappa shape index (κ2) is 7.37. The van der Waals surface area contributed by atoms with Gasteiger partial charge in [-0.1, -0.05) is 23.8 Å². The summed E-state index contributed by atoms with van der Waals surface area (Å²) in [7, 11) is 3.61. The molecule has 0 aromatic carbocycles. The number of quaternary nitrogens is 1. The fraction of sp³-hybridized carbons (Fsp3) is 0.750. The predicted octanol–water partition coefficient (Wildman–Crippen LogP) is 1.94. The first-order valence-corrected chi connectivity index (χ1v) is 9.42. The summed E-state index contributed by atoms with van der Waals surface area (Å²) in [5, 5.41) is 22.3. The number of hydroxylamine groups is 2. The zero-order valence-electron chi connectivity index (χ0n) is 13.2. The highest BCUT2D eigenvalue weighted by Crippen LogP contribution is 2.36. The smallest absolute Gasteiger partial charge is 0.311 e. The van der Waals surface area contributed by atoms with E-state index < -0.39 is 10.9 Å².